The Morgan fingerprint density at radius 1 is 1.50 bits per heavy atom. The van der Waals surface area contributed by atoms with E-state index in [9.17, 15) is 4.79 Å². The van der Waals surface area contributed by atoms with Gasteiger partial charge >= 0.3 is 0 Å². The van der Waals surface area contributed by atoms with E-state index in [-0.39, 0.29) is 11.8 Å². The lowest BCUT2D eigenvalue weighted by molar-refractivity contribution is -0.120. The summed E-state index contributed by atoms with van der Waals surface area (Å²) in [5, 5.41) is 6.12. The molecular weight excluding hydrogens is 202 g/mol. The van der Waals surface area contributed by atoms with Gasteiger partial charge in [-0.15, -0.1) is 0 Å². The summed E-state index contributed by atoms with van der Waals surface area (Å²) in [6.07, 6.45) is 1.69. The van der Waals surface area contributed by atoms with Crippen LogP contribution >= 0.6 is 0 Å². The zero-order valence-corrected chi connectivity index (χ0v) is 9.66. The third-order valence-electron chi connectivity index (χ3n) is 3.03. The molecule has 2 N–H and O–H groups in total. The first-order chi connectivity index (χ1) is 7.66. The van der Waals surface area contributed by atoms with E-state index in [1.54, 1.807) is 6.20 Å². The molecule has 0 spiro atoms. The van der Waals surface area contributed by atoms with Gasteiger partial charge in [-0.05, 0) is 31.5 Å². The molecule has 2 rings (SSSR count). The largest absolute Gasteiger partial charge is 0.324 e. The van der Waals surface area contributed by atoms with Gasteiger partial charge in [0.25, 0.3) is 0 Å². The fourth-order valence-electron chi connectivity index (χ4n) is 1.94. The van der Waals surface area contributed by atoms with E-state index in [0.717, 1.165) is 24.5 Å². The van der Waals surface area contributed by atoms with Crippen molar-refractivity contribution in [2.24, 2.45) is 11.8 Å². The van der Waals surface area contributed by atoms with Crippen LogP contribution in [0.2, 0.25) is 0 Å². The molecule has 1 fully saturated rings. The van der Waals surface area contributed by atoms with Crippen LogP contribution in [0.4, 0.5) is 5.69 Å². The summed E-state index contributed by atoms with van der Waals surface area (Å²) in [5.41, 5.74) is 1.73. The summed E-state index contributed by atoms with van der Waals surface area (Å²) in [4.78, 5) is 16.1. The molecule has 1 aromatic heterocycles. The van der Waals surface area contributed by atoms with Crippen molar-refractivity contribution in [1.29, 1.82) is 0 Å². The Morgan fingerprint density at radius 3 is 2.88 bits per heavy atom. The second kappa shape index (κ2) is 4.61. The summed E-state index contributed by atoms with van der Waals surface area (Å²) >= 11 is 0. The Balaban J connectivity index is 1.99. The van der Waals surface area contributed by atoms with Crippen molar-refractivity contribution in [3.63, 3.8) is 0 Å². The number of nitrogens with zero attached hydrogens (tertiary/aromatic N) is 1. The van der Waals surface area contributed by atoms with E-state index in [4.69, 9.17) is 0 Å². The average molecular weight is 219 g/mol. The zero-order valence-electron chi connectivity index (χ0n) is 9.66. The number of pyridine rings is 1. The average Bonchev–Trinajstić information content (AvgIpc) is 2.68. The number of carbonyl (C=O) groups excluding carboxylic acids is 1. The molecule has 86 valence electrons. The molecule has 1 aliphatic rings. The van der Waals surface area contributed by atoms with Crippen LogP contribution in [0.1, 0.15) is 12.6 Å². The number of aryl methyl sites for hydroxylation is 1. The predicted octanol–water partition coefficient (Wildman–Crippen LogP) is 1.18. The minimum Gasteiger partial charge on any atom is -0.324 e. The van der Waals surface area contributed by atoms with Gasteiger partial charge < -0.3 is 10.6 Å². The van der Waals surface area contributed by atoms with Crippen LogP contribution in [0.5, 0.6) is 0 Å². The fraction of sp³-hybridized carbons (Fsp3) is 0.500. The highest BCUT2D eigenvalue weighted by atomic mass is 16.1. The van der Waals surface area contributed by atoms with Crippen LogP contribution in [0.3, 0.4) is 0 Å². The second-order valence-electron chi connectivity index (χ2n) is 4.42. The SMILES string of the molecule is Cc1ccc(NC(=O)[C@@H]2CNC[C@H]2C)cn1. The number of aromatic nitrogens is 1. The van der Waals surface area contributed by atoms with Gasteiger partial charge in [0.15, 0.2) is 0 Å². The Morgan fingerprint density at radius 2 is 2.31 bits per heavy atom. The molecule has 0 aliphatic carbocycles. The van der Waals surface area contributed by atoms with E-state index >= 15 is 0 Å². The molecule has 0 aromatic carbocycles. The van der Waals surface area contributed by atoms with Gasteiger partial charge in [-0.3, -0.25) is 9.78 Å². The lowest BCUT2D eigenvalue weighted by atomic mass is 9.97. The summed E-state index contributed by atoms with van der Waals surface area (Å²) in [7, 11) is 0. The van der Waals surface area contributed by atoms with Gasteiger partial charge in [0, 0.05) is 12.2 Å². The Kier molecular flexibility index (Phi) is 3.19. The molecule has 0 bridgehead atoms. The van der Waals surface area contributed by atoms with Crippen LogP contribution < -0.4 is 10.6 Å². The predicted molar refractivity (Wildman–Crippen MR) is 63.1 cm³/mol. The highest BCUT2D eigenvalue weighted by Crippen LogP contribution is 2.18. The van der Waals surface area contributed by atoms with Crippen molar-refractivity contribution in [1.82, 2.24) is 10.3 Å². The Bertz CT molecular complexity index is 374. The van der Waals surface area contributed by atoms with Crippen molar-refractivity contribution in [2.75, 3.05) is 18.4 Å². The molecule has 1 aliphatic heterocycles. The first-order valence-electron chi connectivity index (χ1n) is 5.61. The Labute approximate surface area is 95.5 Å². The van der Waals surface area contributed by atoms with Crippen molar-refractivity contribution < 1.29 is 4.79 Å². The second-order valence-corrected chi connectivity index (χ2v) is 4.42. The van der Waals surface area contributed by atoms with E-state index in [0.29, 0.717) is 5.92 Å². The molecule has 2 heterocycles. The summed E-state index contributed by atoms with van der Waals surface area (Å²) in [6.45, 7) is 5.71. The number of hydrogen-bond donors (Lipinski definition) is 2. The minimum absolute atomic E-state index is 0.0707. The number of carbonyl (C=O) groups is 1. The third kappa shape index (κ3) is 2.39. The molecule has 1 saturated heterocycles. The zero-order chi connectivity index (χ0) is 11.5. The van der Waals surface area contributed by atoms with Gasteiger partial charge in [0.1, 0.15) is 0 Å². The van der Waals surface area contributed by atoms with E-state index in [1.165, 1.54) is 0 Å². The standard InChI is InChI=1S/C12H17N3O/c1-8-5-13-7-11(8)12(16)15-10-4-3-9(2)14-6-10/h3-4,6,8,11,13H,5,7H2,1-2H3,(H,15,16)/t8-,11-/m1/s1. The van der Waals surface area contributed by atoms with Crippen molar-refractivity contribution >= 4 is 11.6 Å². The van der Waals surface area contributed by atoms with E-state index < -0.39 is 0 Å². The quantitative estimate of drug-likeness (QED) is 0.785. The summed E-state index contributed by atoms with van der Waals surface area (Å²) in [6, 6.07) is 3.78. The highest BCUT2D eigenvalue weighted by Gasteiger charge is 2.29. The van der Waals surface area contributed by atoms with Crippen LogP contribution in [0.15, 0.2) is 18.3 Å². The Hall–Kier alpha value is -1.42. The van der Waals surface area contributed by atoms with Crippen LogP contribution in [-0.2, 0) is 4.79 Å². The van der Waals surface area contributed by atoms with Gasteiger partial charge in [-0.2, -0.15) is 0 Å². The molecule has 1 amide bonds. The van der Waals surface area contributed by atoms with Crippen molar-refractivity contribution in [3.05, 3.63) is 24.0 Å². The molecule has 0 radical (unpaired) electrons. The number of nitrogens with one attached hydrogen (secondary N) is 2. The summed E-state index contributed by atoms with van der Waals surface area (Å²) < 4.78 is 0. The van der Waals surface area contributed by atoms with Gasteiger partial charge in [-0.25, -0.2) is 0 Å². The van der Waals surface area contributed by atoms with Gasteiger partial charge in [-0.1, -0.05) is 6.92 Å². The fourth-order valence-corrected chi connectivity index (χ4v) is 1.94. The maximum absolute atomic E-state index is 11.9. The molecule has 0 unspecified atom stereocenters. The maximum Gasteiger partial charge on any atom is 0.229 e. The van der Waals surface area contributed by atoms with Gasteiger partial charge in [0.2, 0.25) is 5.91 Å². The van der Waals surface area contributed by atoms with Crippen LogP contribution in [0, 0.1) is 18.8 Å². The van der Waals surface area contributed by atoms with Crippen LogP contribution in [-0.4, -0.2) is 24.0 Å². The lowest BCUT2D eigenvalue weighted by Crippen LogP contribution is -2.27. The number of amides is 1. The smallest absolute Gasteiger partial charge is 0.229 e. The topological polar surface area (TPSA) is 54.0 Å². The summed E-state index contributed by atoms with van der Waals surface area (Å²) in [5.74, 6) is 0.558. The van der Waals surface area contributed by atoms with Gasteiger partial charge in [0.05, 0.1) is 17.8 Å². The van der Waals surface area contributed by atoms with Crippen molar-refractivity contribution in [3.8, 4) is 0 Å². The molecule has 16 heavy (non-hydrogen) atoms. The molecule has 0 saturated carbocycles. The monoisotopic (exact) mass is 219 g/mol. The number of hydrogen-bond acceptors (Lipinski definition) is 3. The number of rotatable bonds is 2. The van der Waals surface area contributed by atoms with Crippen molar-refractivity contribution in [2.45, 2.75) is 13.8 Å². The molecule has 1 aromatic rings. The molecule has 2 atom stereocenters. The van der Waals surface area contributed by atoms with Crippen LogP contribution in [0.25, 0.3) is 0 Å². The maximum atomic E-state index is 11.9. The minimum atomic E-state index is 0.0707. The molecular formula is C12H17N3O. The van der Waals surface area contributed by atoms with E-state index in [1.807, 2.05) is 19.1 Å². The van der Waals surface area contributed by atoms with E-state index in [2.05, 4.69) is 22.5 Å². The third-order valence-corrected chi connectivity index (χ3v) is 3.03. The molecule has 4 nitrogen and oxygen atoms in total. The highest BCUT2D eigenvalue weighted by molar-refractivity contribution is 5.92. The normalized spacial score (nSPS) is 24.4. The first kappa shape index (κ1) is 11.1. The lowest BCUT2D eigenvalue weighted by Gasteiger charge is -2.13. The first-order valence-corrected chi connectivity index (χ1v) is 5.61. The number of anilines is 1. The molecule has 4 heteroatoms.